The Bertz CT molecular complexity index is 338. The molecular formula is C10H15ClN2OS. The second kappa shape index (κ2) is 4.60. The Morgan fingerprint density at radius 2 is 2.13 bits per heavy atom. The highest BCUT2D eigenvalue weighted by atomic mass is 35.5. The highest BCUT2D eigenvalue weighted by Gasteiger charge is 2.34. The molecule has 1 atom stereocenters. The molecule has 5 heteroatoms. The lowest BCUT2D eigenvalue weighted by Crippen LogP contribution is -2.44. The number of thioether (sulfide) groups is 1. The summed E-state index contributed by atoms with van der Waals surface area (Å²) in [6.45, 7) is 2.63. The van der Waals surface area contributed by atoms with Gasteiger partial charge in [0.1, 0.15) is 6.17 Å². The minimum Gasteiger partial charge on any atom is -0.338 e. The first-order valence-corrected chi connectivity index (χ1v) is 5.43. The third-order valence-electron chi connectivity index (χ3n) is 2.48. The quantitative estimate of drug-likeness (QED) is 0.702. The molecule has 84 valence electrons. The van der Waals surface area contributed by atoms with Gasteiger partial charge in [0.05, 0.1) is 11.6 Å². The van der Waals surface area contributed by atoms with Crippen LogP contribution in [0.5, 0.6) is 0 Å². The van der Waals surface area contributed by atoms with Crippen LogP contribution >= 0.6 is 24.2 Å². The number of allylic oxidation sites excluding steroid dienone is 2. The summed E-state index contributed by atoms with van der Waals surface area (Å²) < 4.78 is 0. The number of hydrogen-bond acceptors (Lipinski definition) is 4. The Hall–Kier alpha value is -0.450. The van der Waals surface area contributed by atoms with Crippen LogP contribution in [0.4, 0.5) is 0 Å². The minimum atomic E-state index is 0. The van der Waals surface area contributed by atoms with Crippen molar-refractivity contribution < 1.29 is 4.79 Å². The van der Waals surface area contributed by atoms with E-state index in [0.29, 0.717) is 6.54 Å². The number of carbonyl (C=O) groups excluding carboxylic acids is 1. The fourth-order valence-corrected chi connectivity index (χ4v) is 2.84. The summed E-state index contributed by atoms with van der Waals surface area (Å²) in [6.07, 6.45) is 4.38. The van der Waals surface area contributed by atoms with Gasteiger partial charge < -0.3 is 4.90 Å². The van der Waals surface area contributed by atoms with Gasteiger partial charge in [-0.3, -0.25) is 9.69 Å². The van der Waals surface area contributed by atoms with Crippen LogP contribution in [0.15, 0.2) is 22.8 Å². The van der Waals surface area contributed by atoms with E-state index in [2.05, 4.69) is 22.8 Å². The van der Waals surface area contributed by atoms with E-state index in [-0.39, 0.29) is 23.7 Å². The molecule has 2 heterocycles. The van der Waals surface area contributed by atoms with E-state index >= 15 is 0 Å². The lowest BCUT2D eigenvalue weighted by atomic mass is 10.1. The molecule has 3 nitrogen and oxygen atoms in total. The first-order chi connectivity index (χ1) is 6.59. The summed E-state index contributed by atoms with van der Waals surface area (Å²) in [5.41, 5.74) is 1.29. The standard InChI is InChI=1S/C10H14N2OS.ClH/c1-7-4-5-8-12(6-9(13)14-8)10(7)11(2)3;/h4-5,10H,6H2,1-3H3;1H. The maximum atomic E-state index is 11.3. The van der Waals surface area contributed by atoms with Crippen molar-refractivity contribution in [1.82, 2.24) is 9.80 Å². The summed E-state index contributed by atoms with van der Waals surface area (Å²) in [5, 5.41) is 1.32. The molecule has 2 aliphatic heterocycles. The fourth-order valence-electron chi connectivity index (χ4n) is 1.98. The Morgan fingerprint density at radius 3 is 2.73 bits per heavy atom. The molecule has 0 aromatic heterocycles. The molecule has 0 bridgehead atoms. The van der Waals surface area contributed by atoms with E-state index < -0.39 is 0 Å². The second-order valence-electron chi connectivity index (χ2n) is 3.85. The molecule has 0 N–H and O–H groups in total. The van der Waals surface area contributed by atoms with Crippen molar-refractivity contribution in [2.24, 2.45) is 0 Å². The zero-order valence-electron chi connectivity index (χ0n) is 9.06. The molecule has 2 aliphatic rings. The van der Waals surface area contributed by atoms with E-state index in [4.69, 9.17) is 0 Å². The molecule has 0 aliphatic carbocycles. The number of fused-ring (bicyclic) bond motifs is 1. The van der Waals surface area contributed by atoms with Crippen molar-refractivity contribution in [3.63, 3.8) is 0 Å². The van der Waals surface area contributed by atoms with Crippen LogP contribution in [0.2, 0.25) is 0 Å². The van der Waals surface area contributed by atoms with Crippen molar-refractivity contribution in [2.75, 3.05) is 20.6 Å². The van der Waals surface area contributed by atoms with Gasteiger partial charge in [-0.1, -0.05) is 6.08 Å². The first-order valence-electron chi connectivity index (χ1n) is 4.62. The Labute approximate surface area is 101 Å². The Balaban J connectivity index is 0.00000112. The minimum absolute atomic E-state index is 0. The average molecular weight is 247 g/mol. The van der Waals surface area contributed by atoms with E-state index in [1.165, 1.54) is 17.3 Å². The summed E-state index contributed by atoms with van der Waals surface area (Å²) in [6, 6.07) is 0. The van der Waals surface area contributed by atoms with E-state index in [1.807, 2.05) is 20.2 Å². The summed E-state index contributed by atoms with van der Waals surface area (Å²) in [4.78, 5) is 15.6. The molecule has 0 aromatic rings. The van der Waals surface area contributed by atoms with Gasteiger partial charge >= 0.3 is 0 Å². The highest BCUT2D eigenvalue weighted by Crippen LogP contribution is 2.36. The second-order valence-corrected chi connectivity index (χ2v) is 4.93. The number of rotatable bonds is 1. The van der Waals surface area contributed by atoms with E-state index in [1.54, 1.807) is 0 Å². The maximum Gasteiger partial charge on any atom is 0.214 e. The molecule has 1 unspecified atom stereocenters. The van der Waals surface area contributed by atoms with Crippen LogP contribution in [-0.2, 0) is 4.79 Å². The topological polar surface area (TPSA) is 23.6 Å². The van der Waals surface area contributed by atoms with Crippen LogP contribution in [0.1, 0.15) is 6.92 Å². The number of hydrogen-bond donors (Lipinski definition) is 0. The normalized spacial score (nSPS) is 24.7. The molecule has 2 rings (SSSR count). The molecular weight excluding hydrogens is 232 g/mol. The van der Waals surface area contributed by atoms with Gasteiger partial charge in [0.2, 0.25) is 5.12 Å². The molecule has 15 heavy (non-hydrogen) atoms. The van der Waals surface area contributed by atoms with Gasteiger partial charge in [-0.2, -0.15) is 0 Å². The van der Waals surface area contributed by atoms with Gasteiger partial charge in [-0.15, -0.1) is 12.4 Å². The van der Waals surface area contributed by atoms with Crippen molar-refractivity contribution in [3.8, 4) is 0 Å². The van der Waals surface area contributed by atoms with Gasteiger partial charge in [0.15, 0.2) is 0 Å². The molecule has 0 aromatic carbocycles. The van der Waals surface area contributed by atoms with Crippen molar-refractivity contribution in [2.45, 2.75) is 13.1 Å². The summed E-state index contributed by atoms with van der Waals surface area (Å²) in [7, 11) is 4.08. The fraction of sp³-hybridized carbons (Fsp3) is 0.500. The van der Waals surface area contributed by atoms with Gasteiger partial charge in [-0.05, 0) is 44.4 Å². The van der Waals surface area contributed by atoms with Crippen LogP contribution < -0.4 is 0 Å². The number of nitrogens with zero attached hydrogens (tertiary/aromatic N) is 2. The average Bonchev–Trinajstić information content (AvgIpc) is 2.43. The molecule has 1 fully saturated rings. The van der Waals surface area contributed by atoms with Crippen LogP contribution in [0, 0.1) is 0 Å². The van der Waals surface area contributed by atoms with Gasteiger partial charge in [-0.25, -0.2) is 0 Å². The summed E-state index contributed by atoms with van der Waals surface area (Å²) >= 11 is 1.35. The van der Waals surface area contributed by atoms with Crippen LogP contribution in [0.3, 0.4) is 0 Å². The monoisotopic (exact) mass is 246 g/mol. The zero-order valence-corrected chi connectivity index (χ0v) is 10.7. The molecule has 1 saturated heterocycles. The molecule has 0 radical (unpaired) electrons. The van der Waals surface area contributed by atoms with Crippen LogP contribution in [-0.4, -0.2) is 41.7 Å². The smallest absolute Gasteiger partial charge is 0.214 e. The molecule has 0 saturated carbocycles. The first kappa shape index (κ1) is 12.6. The SMILES string of the molecule is CC1=CC=C2SC(=O)CN2C1N(C)C.Cl. The van der Waals surface area contributed by atoms with Crippen LogP contribution in [0.25, 0.3) is 0 Å². The number of likely N-dealkylation sites (N-methyl/N-ethyl adjacent to an activating group) is 1. The van der Waals surface area contributed by atoms with Crippen molar-refractivity contribution in [3.05, 3.63) is 22.8 Å². The lowest BCUT2D eigenvalue weighted by Gasteiger charge is -2.37. The third-order valence-corrected chi connectivity index (χ3v) is 3.42. The summed E-state index contributed by atoms with van der Waals surface area (Å²) in [5.74, 6) is 0. The Morgan fingerprint density at radius 1 is 1.47 bits per heavy atom. The number of carbonyl (C=O) groups is 1. The largest absolute Gasteiger partial charge is 0.338 e. The van der Waals surface area contributed by atoms with E-state index in [0.717, 1.165) is 5.03 Å². The molecule has 0 spiro atoms. The lowest BCUT2D eigenvalue weighted by molar-refractivity contribution is -0.111. The predicted octanol–water partition coefficient (Wildman–Crippen LogP) is 1.67. The number of halogens is 1. The van der Waals surface area contributed by atoms with Gasteiger partial charge in [0, 0.05) is 0 Å². The zero-order chi connectivity index (χ0) is 10.3. The third kappa shape index (κ3) is 2.22. The molecule has 0 amide bonds. The Kier molecular flexibility index (Phi) is 3.87. The highest BCUT2D eigenvalue weighted by molar-refractivity contribution is 8.17. The maximum absolute atomic E-state index is 11.3. The predicted molar refractivity (Wildman–Crippen MR) is 65.9 cm³/mol. The van der Waals surface area contributed by atoms with E-state index in [9.17, 15) is 4.79 Å². The van der Waals surface area contributed by atoms with Crippen molar-refractivity contribution in [1.29, 1.82) is 0 Å². The van der Waals surface area contributed by atoms with Gasteiger partial charge in [0.25, 0.3) is 0 Å². The van der Waals surface area contributed by atoms with Crippen molar-refractivity contribution >= 4 is 29.3 Å².